The van der Waals surface area contributed by atoms with Gasteiger partial charge >= 0.3 is 5.97 Å². The highest BCUT2D eigenvalue weighted by Gasteiger charge is 2.26. The first kappa shape index (κ1) is 77.2. The van der Waals surface area contributed by atoms with Crippen molar-refractivity contribution in [2.75, 3.05) is 129 Å². The van der Waals surface area contributed by atoms with E-state index in [1.54, 1.807) is 27.7 Å². The molecular formula is C62H90N12O19. The zero-order valence-corrected chi connectivity index (χ0v) is 53.1. The molecule has 0 spiro atoms. The number of benzene rings is 2. The molecule has 2 aromatic carbocycles. The summed E-state index contributed by atoms with van der Waals surface area (Å²) in [6, 6.07) is 14.9. The van der Waals surface area contributed by atoms with Crippen LogP contribution in [-0.2, 0) is 103 Å². The fourth-order valence-corrected chi connectivity index (χ4v) is 8.60. The van der Waals surface area contributed by atoms with Crippen LogP contribution in [0.2, 0.25) is 0 Å². The standard InChI is InChI=1S/C31H44N6O9.C30H42N6O10.CH4/c1-5-43-17-24-35-28-29(37(24)20-31(3,4)42)22-8-6-7-9-23(22)34-30(28)36-25(39)16-33-27(41)19-46-15-13-44-12-14-45-18-26(40)32-11-10-21(2)38;1-4-43-16-22-34-27-28(36(22)19-30(2,3)42)20-7-5-6-8-21(20)33-29(27)35-23(37)15-32-25(39)18-46-14-12-44-11-13-45-17-24(38)31-10-9-26(40)41;/h6-9,42H,5,10-20H2,1-4H3,(H,32,40)(H,33,41)(H,34,36,39);5-8,42H,4,9-19H2,1-3H3,(H,31,38)(H,32,39)(H,40,41)(H,33,35,37);1H4. The number of amides is 6. The van der Waals surface area contributed by atoms with Crippen LogP contribution in [0.4, 0.5) is 11.6 Å². The van der Waals surface area contributed by atoms with Gasteiger partial charge in [0, 0.05) is 43.5 Å². The number of anilines is 2. The second-order valence-corrected chi connectivity index (χ2v) is 21.9. The molecule has 31 heteroatoms. The van der Waals surface area contributed by atoms with Crippen molar-refractivity contribution in [2.45, 2.75) is 106 Å². The summed E-state index contributed by atoms with van der Waals surface area (Å²) in [7, 11) is 0. The van der Waals surface area contributed by atoms with Crippen molar-refractivity contribution < 1.29 is 91.6 Å². The molecule has 6 aromatic rings. The second kappa shape index (κ2) is 40.0. The number of carbonyl (C=O) groups is 8. The average molecular weight is 1310 g/mol. The minimum atomic E-state index is -1.05. The van der Waals surface area contributed by atoms with Crippen LogP contribution in [0, 0.1) is 0 Å². The van der Waals surface area contributed by atoms with Crippen molar-refractivity contribution in [1.29, 1.82) is 0 Å². The SMILES string of the molecule is C.CCOCc1nc2c(NC(=O)CNC(=O)COCCOCCOCC(=O)NCCC(=O)O)nc3ccccc3c2n1CC(C)(C)O.CCOCc1nc2c(NC(=O)CNC(=O)COCCOCCOCC(=O)NCCC(C)=O)nc3ccccc3c2n1CC(C)(C)O. The number of hydrogen-bond donors (Lipinski definition) is 9. The van der Waals surface area contributed by atoms with E-state index in [4.69, 9.17) is 53.0 Å². The molecule has 0 aliphatic heterocycles. The van der Waals surface area contributed by atoms with Crippen LogP contribution in [0.5, 0.6) is 0 Å². The zero-order chi connectivity index (χ0) is 67.1. The van der Waals surface area contributed by atoms with Crippen molar-refractivity contribution in [3.8, 4) is 0 Å². The molecule has 0 saturated carbocycles. The Morgan fingerprint density at radius 2 is 0.817 bits per heavy atom. The highest BCUT2D eigenvalue weighted by atomic mass is 16.6. The van der Waals surface area contributed by atoms with E-state index in [0.29, 0.717) is 58.0 Å². The summed E-state index contributed by atoms with van der Waals surface area (Å²) in [6.45, 7) is 14.0. The molecule has 0 fully saturated rings. The summed E-state index contributed by atoms with van der Waals surface area (Å²) >= 11 is 0. The summed E-state index contributed by atoms with van der Waals surface area (Å²) in [6.07, 6.45) is 0.113. The molecule has 0 aliphatic carbocycles. The minimum Gasteiger partial charge on any atom is -0.481 e. The van der Waals surface area contributed by atoms with Crippen LogP contribution in [0.1, 0.15) is 80.4 Å². The van der Waals surface area contributed by atoms with Gasteiger partial charge in [0.05, 0.1) is 119 Å². The van der Waals surface area contributed by atoms with Crippen LogP contribution < -0.4 is 31.9 Å². The van der Waals surface area contributed by atoms with Crippen LogP contribution in [0.15, 0.2) is 48.5 Å². The van der Waals surface area contributed by atoms with E-state index in [0.717, 1.165) is 10.8 Å². The number of ketones is 1. The number of rotatable bonds is 42. The third-order valence-electron chi connectivity index (χ3n) is 12.6. The topological polar surface area (TPSA) is 405 Å². The van der Waals surface area contributed by atoms with Gasteiger partial charge in [-0.15, -0.1) is 0 Å². The molecule has 6 amide bonds. The van der Waals surface area contributed by atoms with Gasteiger partial charge in [-0.05, 0) is 60.6 Å². The Kier molecular flexibility index (Phi) is 33.2. The predicted octanol–water partition coefficient (Wildman–Crippen LogP) is 2.32. The van der Waals surface area contributed by atoms with E-state index >= 15 is 0 Å². The van der Waals surface area contributed by atoms with E-state index in [1.165, 1.54) is 6.92 Å². The molecule has 9 N–H and O–H groups in total. The lowest BCUT2D eigenvalue weighted by atomic mass is 10.1. The van der Waals surface area contributed by atoms with Crippen LogP contribution in [0.25, 0.3) is 43.9 Å². The summed E-state index contributed by atoms with van der Waals surface area (Å²) in [5.74, 6) is -2.14. The number of carbonyl (C=O) groups excluding carboxylic acids is 7. The molecule has 0 unspecified atom stereocenters. The first-order valence-electron chi connectivity index (χ1n) is 30.0. The number of aliphatic hydroxyl groups is 2. The highest BCUT2D eigenvalue weighted by molar-refractivity contribution is 6.11. The monoisotopic (exact) mass is 1310 g/mol. The molecule has 4 aromatic heterocycles. The third-order valence-corrected chi connectivity index (χ3v) is 12.6. The van der Waals surface area contributed by atoms with Gasteiger partial charge in [-0.1, -0.05) is 43.8 Å². The molecule has 4 heterocycles. The molecule has 0 radical (unpaired) electrons. The van der Waals surface area contributed by atoms with Crippen molar-refractivity contribution in [2.24, 2.45) is 0 Å². The number of imidazole rings is 2. The van der Waals surface area contributed by atoms with Gasteiger partial charge in [-0.3, -0.25) is 38.4 Å². The van der Waals surface area contributed by atoms with Gasteiger partial charge in [0.25, 0.3) is 0 Å². The molecule has 6 rings (SSSR count). The Balaban J connectivity index is 0.000000392. The van der Waals surface area contributed by atoms with E-state index < -0.39 is 46.7 Å². The number of nitrogens with zero attached hydrogens (tertiary/aromatic N) is 6. The first-order chi connectivity index (χ1) is 44.0. The Morgan fingerprint density at radius 1 is 0.473 bits per heavy atom. The lowest BCUT2D eigenvalue weighted by Gasteiger charge is -2.20. The van der Waals surface area contributed by atoms with E-state index in [9.17, 15) is 48.6 Å². The van der Waals surface area contributed by atoms with Gasteiger partial charge < -0.3 is 94.2 Å². The number of carboxylic acid groups (broad SMARTS) is 1. The molecule has 0 atom stereocenters. The minimum absolute atomic E-state index is 0. The number of Topliss-reactive ketones (excluding diaryl/α,β-unsaturated/α-hetero) is 1. The van der Waals surface area contributed by atoms with Gasteiger partial charge in [-0.25, -0.2) is 19.9 Å². The third kappa shape index (κ3) is 27.9. The normalized spacial score (nSPS) is 11.5. The molecule has 31 nitrogen and oxygen atoms in total. The number of para-hydroxylation sites is 2. The molecular weight excluding hydrogens is 1220 g/mol. The van der Waals surface area contributed by atoms with E-state index in [-0.39, 0.29) is 175 Å². The predicted molar refractivity (Wildman–Crippen MR) is 342 cm³/mol. The Hall–Kier alpha value is -8.24. The van der Waals surface area contributed by atoms with Gasteiger partial charge in [0.2, 0.25) is 35.4 Å². The average Bonchev–Trinajstić information content (AvgIpc) is 1.65. The number of ether oxygens (including phenoxy) is 8. The van der Waals surface area contributed by atoms with Gasteiger partial charge in [0.15, 0.2) is 11.6 Å². The smallest absolute Gasteiger partial charge is 0.305 e. The molecule has 0 aliphatic rings. The van der Waals surface area contributed by atoms with Crippen LogP contribution >= 0.6 is 0 Å². The van der Waals surface area contributed by atoms with E-state index in [1.807, 2.05) is 71.5 Å². The summed E-state index contributed by atoms with van der Waals surface area (Å²) in [5, 5.41) is 46.9. The fourth-order valence-electron chi connectivity index (χ4n) is 8.60. The molecule has 0 bridgehead atoms. The summed E-state index contributed by atoms with van der Waals surface area (Å²) in [5.41, 5.74) is 1.43. The van der Waals surface area contributed by atoms with Crippen LogP contribution in [0.3, 0.4) is 0 Å². The number of aliphatic carboxylic acids is 1. The van der Waals surface area contributed by atoms with Crippen LogP contribution in [-0.4, -0.2) is 221 Å². The largest absolute Gasteiger partial charge is 0.481 e. The maximum atomic E-state index is 12.8. The van der Waals surface area contributed by atoms with Crippen molar-refractivity contribution in [3.05, 3.63) is 60.2 Å². The number of hydrogen-bond acceptors (Lipinski definition) is 22. The van der Waals surface area contributed by atoms with E-state index in [2.05, 4.69) is 41.9 Å². The Bertz CT molecular complexity index is 3190. The van der Waals surface area contributed by atoms with Crippen molar-refractivity contribution in [3.63, 3.8) is 0 Å². The molecule has 0 saturated heterocycles. The number of nitrogens with one attached hydrogen (secondary N) is 6. The lowest BCUT2D eigenvalue weighted by Crippen LogP contribution is -2.35. The second-order valence-electron chi connectivity index (χ2n) is 21.9. The fraction of sp³-hybridized carbons (Fsp3) is 0.548. The number of carboxylic acids is 1. The maximum absolute atomic E-state index is 12.8. The van der Waals surface area contributed by atoms with Crippen molar-refractivity contribution in [1.82, 2.24) is 50.3 Å². The highest BCUT2D eigenvalue weighted by Crippen LogP contribution is 2.33. The first-order valence-corrected chi connectivity index (χ1v) is 30.0. The quantitative estimate of drug-likeness (QED) is 0.0248. The lowest BCUT2D eigenvalue weighted by molar-refractivity contribution is -0.137. The Labute approximate surface area is 538 Å². The molecule has 512 valence electrons. The van der Waals surface area contributed by atoms with Gasteiger partial charge in [0.1, 0.15) is 68.1 Å². The maximum Gasteiger partial charge on any atom is 0.305 e. The number of aromatic nitrogens is 6. The van der Waals surface area contributed by atoms with Gasteiger partial charge in [-0.2, -0.15) is 0 Å². The number of fused-ring (bicyclic) bond motifs is 6. The zero-order valence-electron chi connectivity index (χ0n) is 53.1. The molecule has 93 heavy (non-hydrogen) atoms. The number of pyridine rings is 2. The Morgan fingerprint density at radius 3 is 1.16 bits per heavy atom. The summed E-state index contributed by atoms with van der Waals surface area (Å²) in [4.78, 5) is 113. The van der Waals surface area contributed by atoms with Crippen molar-refractivity contribution >= 4 is 103 Å². The summed E-state index contributed by atoms with van der Waals surface area (Å²) < 4.78 is 46.5.